The van der Waals surface area contributed by atoms with Crippen LogP contribution in [0.3, 0.4) is 0 Å². The van der Waals surface area contributed by atoms with Crippen LogP contribution in [0.4, 0.5) is 11.4 Å². The highest BCUT2D eigenvalue weighted by molar-refractivity contribution is 5.97. The summed E-state index contributed by atoms with van der Waals surface area (Å²) in [6.07, 6.45) is 1.83. The third-order valence-corrected chi connectivity index (χ3v) is 4.96. The van der Waals surface area contributed by atoms with E-state index < -0.39 is 17.5 Å². The number of carbonyl (C=O) groups is 2. The van der Waals surface area contributed by atoms with Gasteiger partial charge in [0.1, 0.15) is 0 Å². The Balaban J connectivity index is 1.71. The molecule has 1 amide bonds. The van der Waals surface area contributed by atoms with E-state index in [9.17, 15) is 19.7 Å². The zero-order valence-electron chi connectivity index (χ0n) is 16.1. The van der Waals surface area contributed by atoms with Crippen LogP contribution < -0.4 is 4.90 Å². The first kappa shape index (κ1) is 20.1. The maximum atomic E-state index is 12.6. The predicted octanol–water partition coefficient (Wildman–Crippen LogP) is 1.99. The van der Waals surface area contributed by atoms with E-state index in [0.29, 0.717) is 18.8 Å². The number of morpholine rings is 1. The zero-order chi connectivity index (χ0) is 20.3. The monoisotopic (exact) mass is 391 g/mol. The normalized spacial score (nSPS) is 22.2. The maximum absolute atomic E-state index is 12.6. The number of nitrogens with zero attached hydrogens (tertiary/aromatic N) is 3. The van der Waals surface area contributed by atoms with Crippen LogP contribution in [0.25, 0.3) is 0 Å². The summed E-state index contributed by atoms with van der Waals surface area (Å²) >= 11 is 0. The number of amides is 1. The SMILES string of the molecule is C[C@@H]1CN(C(=O)COC(=O)c2cc([N+](=O)[O-])ccc2N2CCCC2)C[C@@H](C)O1. The van der Waals surface area contributed by atoms with E-state index in [-0.39, 0.29) is 29.4 Å². The Morgan fingerprint density at radius 3 is 2.46 bits per heavy atom. The number of hydrogen-bond acceptors (Lipinski definition) is 7. The molecule has 152 valence electrons. The summed E-state index contributed by atoms with van der Waals surface area (Å²) in [5.74, 6) is -1.03. The fourth-order valence-corrected chi connectivity index (χ4v) is 3.71. The summed E-state index contributed by atoms with van der Waals surface area (Å²) < 4.78 is 10.8. The minimum Gasteiger partial charge on any atom is -0.452 e. The number of benzene rings is 1. The van der Waals surface area contributed by atoms with Gasteiger partial charge in [-0.3, -0.25) is 14.9 Å². The molecule has 2 heterocycles. The van der Waals surface area contributed by atoms with E-state index in [2.05, 4.69) is 0 Å². The number of nitro groups is 1. The Bertz CT molecular complexity index is 752. The Labute approximate surface area is 163 Å². The predicted molar refractivity (Wildman–Crippen MR) is 101 cm³/mol. The maximum Gasteiger partial charge on any atom is 0.341 e. The number of esters is 1. The third-order valence-electron chi connectivity index (χ3n) is 4.96. The number of anilines is 1. The van der Waals surface area contributed by atoms with Gasteiger partial charge in [0.05, 0.1) is 28.4 Å². The molecule has 2 atom stereocenters. The average molecular weight is 391 g/mol. The molecule has 0 aromatic heterocycles. The fraction of sp³-hybridized carbons (Fsp3) is 0.579. The quantitative estimate of drug-likeness (QED) is 0.430. The summed E-state index contributed by atoms with van der Waals surface area (Å²) in [5, 5.41) is 11.1. The second-order valence-corrected chi connectivity index (χ2v) is 7.28. The van der Waals surface area contributed by atoms with E-state index in [1.54, 1.807) is 11.0 Å². The van der Waals surface area contributed by atoms with Crippen molar-refractivity contribution in [1.29, 1.82) is 0 Å². The molecular formula is C19H25N3O6. The van der Waals surface area contributed by atoms with Crippen molar-refractivity contribution in [2.75, 3.05) is 37.7 Å². The van der Waals surface area contributed by atoms with Gasteiger partial charge in [-0.25, -0.2) is 4.79 Å². The smallest absolute Gasteiger partial charge is 0.341 e. The first-order valence-corrected chi connectivity index (χ1v) is 9.49. The molecule has 0 saturated carbocycles. The van der Waals surface area contributed by atoms with Gasteiger partial charge in [-0.15, -0.1) is 0 Å². The van der Waals surface area contributed by atoms with Gasteiger partial charge in [0.15, 0.2) is 6.61 Å². The van der Waals surface area contributed by atoms with Gasteiger partial charge >= 0.3 is 5.97 Å². The van der Waals surface area contributed by atoms with Gasteiger partial charge in [-0.1, -0.05) is 0 Å². The second kappa shape index (κ2) is 8.55. The van der Waals surface area contributed by atoms with Crippen LogP contribution in [-0.4, -0.2) is 66.7 Å². The van der Waals surface area contributed by atoms with E-state index in [1.807, 2.05) is 18.7 Å². The molecule has 1 aromatic rings. The fourth-order valence-electron chi connectivity index (χ4n) is 3.71. The molecule has 2 saturated heterocycles. The van der Waals surface area contributed by atoms with Crippen LogP contribution >= 0.6 is 0 Å². The highest BCUT2D eigenvalue weighted by Crippen LogP contribution is 2.29. The van der Waals surface area contributed by atoms with Gasteiger partial charge in [-0.05, 0) is 32.8 Å². The van der Waals surface area contributed by atoms with Crippen molar-refractivity contribution in [2.45, 2.75) is 38.9 Å². The largest absolute Gasteiger partial charge is 0.452 e. The molecular weight excluding hydrogens is 366 g/mol. The summed E-state index contributed by atoms with van der Waals surface area (Å²) in [4.78, 5) is 39.2. The lowest BCUT2D eigenvalue weighted by Crippen LogP contribution is -2.49. The lowest BCUT2D eigenvalue weighted by atomic mass is 10.1. The molecule has 0 N–H and O–H groups in total. The van der Waals surface area contributed by atoms with Crippen LogP contribution in [-0.2, 0) is 14.3 Å². The second-order valence-electron chi connectivity index (χ2n) is 7.28. The third kappa shape index (κ3) is 4.59. The topological polar surface area (TPSA) is 102 Å². The standard InChI is InChI=1S/C19H25N3O6/c1-13-10-21(11-14(2)28-13)18(23)12-27-19(24)16-9-15(22(25)26)5-6-17(16)20-7-3-4-8-20/h5-6,9,13-14H,3-4,7-8,10-12H2,1-2H3/t13-,14-/m1/s1. The van der Waals surface area contributed by atoms with Crippen molar-refractivity contribution in [1.82, 2.24) is 4.90 Å². The average Bonchev–Trinajstić information content (AvgIpc) is 3.19. The molecule has 0 aliphatic carbocycles. The Hall–Kier alpha value is -2.68. The number of carbonyl (C=O) groups excluding carboxylic acids is 2. The van der Waals surface area contributed by atoms with E-state index in [1.165, 1.54) is 12.1 Å². The summed E-state index contributed by atoms with van der Waals surface area (Å²) in [5.41, 5.74) is 0.541. The zero-order valence-corrected chi connectivity index (χ0v) is 16.1. The summed E-state index contributed by atoms with van der Waals surface area (Å²) in [6.45, 7) is 5.80. The minimum absolute atomic E-state index is 0.0815. The summed E-state index contributed by atoms with van der Waals surface area (Å²) in [7, 11) is 0. The molecule has 0 bridgehead atoms. The van der Waals surface area contributed by atoms with Crippen molar-refractivity contribution >= 4 is 23.3 Å². The van der Waals surface area contributed by atoms with Gasteiger partial charge < -0.3 is 19.3 Å². The van der Waals surface area contributed by atoms with Crippen LogP contribution in [0.15, 0.2) is 18.2 Å². The highest BCUT2D eigenvalue weighted by Gasteiger charge is 2.28. The van der Waals surface area contributed by atoms with Crippen molar-refractivity contribution in [3.8, 4) is 0 Å². The molecule has 1 aromatic carbocycles. The Morgan fingerprint density at radius 1 is 1.21 bits per heavy atom. The Kier molecular flexibility index (Phi) is 6.13. The van der Waals surface area contributed by atoms with Gasteiger partial charge in [0.25, 0.3) is 11.6 Å². The van der Waals surface area contributed by atoms with Crippen LogP contribution in [0, 0.1) is 10.1 Å². The van der Waals surface area contributed by atoms with Crippen LogP contribution in [0.5, 0.6) is 0 Å². The van der Waals surface area contributed by atoms with E-state index >= 15 is 0 Å². The molecule has 0 spiro atoms. The van der Waals surface area contributed by atoms with E-state index in [0.717, 1.165) is 25.9 Å². The molecule has 0 radical (unpaired) electrons. The van der Waals surface area contributed by atoms with Crippen molar-refractivity contribution in [3.05, 3.63) is 33.9 Å². The molecule has 2 aliphatic rings. The molecule has 28 heavy (non-hydrogen) atoms. The van der Waals surface area contributed by atoms with Crippen molar-refractivity contribution in [3.63, 3.8) is 0 Å². The molecule has 3 rings (SSSR count). The van der Waals surface area contributed by atoms with Crippen LogP contribution in [0.2, 0.25) is 0 Å². The Morgan fingerprint density at radius 2 is 1.86 bits per heavy atom. The van der Waals surface area contributed by atoms with Gasteiger partial charge in [0.2, 0.25) is 0 Å². The number of hydrogen-bond donors (Lipinski definition) is 0. The van der Waals surface area contributed by atoms with Gasteiger partial charge in [-0.2, -0.15) is 0 Å². The minimum atomic E-state index is -0.728. The lowest BCUT2D eigenvalue weighted by molar-refractivity contribution is -0.384. The lowest BCUT2D eigenvalue weighted by Gasteiger charge is -2.35. The van der Waals surface area contributed by atoms with Crippen molar-refractivity contribution < 1.29 is 24.0 Å². The molecule has 0 unspecified atom stereocenters. The number of nitro benzene ring substituents is 1. The summed E-state index contributed by atoms with van der Waals surface area (Å²) in [6, 6.07) is 4.18. The molecule has 2 fully saturated rings. The first-order chi connectivity index (χ1) is 13.3. The molecule has 9 heteroatoms. The van der Waals surface area contributed by atoms with E-state index in [4.69, 9.17) is 9.47 Å². The molecule has 2 aliphatic heterocycles. The first-order valence-electron chi connectivity index (χ1n) is 9.49. The number of rotatable bonds is 5. The molecule has 9 nitrogen and oxygen atoms in total. The number of non-ortho nitro benzene ring substituents is 1. The highest BCUT2D eigenvalue weighted by atomic mass is 16.6. The van der Waals surface area contributed by atoms with Crippen molar-refractivity contribution in [2.24, 2.45) is 0 Å². The number of ether oxygens (including phenoxy) is 2. The van der Waals surface area contributed by atoms with Crippen LogP contribution in [0.1, 0.15) is 37.0 Å². The van der Waals surface area contributed by atoms with Gasteiger partial charge in [0, 0.05) is 38.3 Å².